The Balaban J connectivity index is 1.52. The maximum Gasteiger partial charge on any atom is 0.119 e. The molecule has 0 unspecified atom stereocenters. The molecule has 0 saturated carbocycles. The first-order chi connectivity index (χ1) is 10.7. The fourth-order valence-corrected chi connectivity index (χ4v) is 2.86. The van der Waals surface area contributed by atoms with E-state index in [1.807, 2.05) is 30.3 Å². The van der Waals surface area contributed by atoms with Crippen LogP contribution in [0.25, 0.3) is 0 Å². The Morgan fingerprint density at radius 1 is 1.05 bits per heavy atom. The summed E-state index contributed by atoms with van der Waals surface area (Å²) in [6.45, 7) is 3.63. The molecule has 2 aromatic rings. The van der Waals surface area contributed by atoms with Crippen molar-refractivity contribution in [1.82, 2.24) is 4.90 Å². The van der Waals surface area contributed by atoms with E-state index in [0.29, 0.717) is 6.61 Å². The lowest BCUT2D eigenvalue weighted by atomic mass is 9.99. The third kappa shape index (κ3) is 3.73. The zero-order valence-corrected chi connectivity index (χ0v) is 13.5. The van der Waals surface area contributed by atoms with Gasteiger partial charge in [-0.15, -0.1) is 0 Å². The van der Waals surface area contributed by atoms with Crippen LogP contribution in [0, 0.1) is 0 Å². The molecule has 0 aromatic heterocycles. The molecule has 0 atom stereocenters. The van der Waals surface area contributed by atoms with Crippen LogP contribution in [0.15, 0.2) is 42.5 Å². The number of nitrogens with zero attached hydrogens (tertiary/aromatic N) is 1. The third-order valence-electron chi connectivity index (χ3n) is 3.99. The number of rotatable bonds is 5. The van der Waals surface area contributed by atoms with E-state index in [4.69, 9.17) is 21.1 Å². The van der Waals surface area contributed by atoms with Crippen molar-refractivity contribution in [3.63, 3.8) is 0 Å². The van der Waals surface area contributed by atoms with Gasteiger partial charge < -0.3 is 9.47 Å². The Morgan fingerprint density at radius 3 is 2.59 bits per heavy atom. The van der Waals surface area contributed by atoms with Gasteiger partial charge in [-0.2, -0.15) is 0 Å². The van der Waals surface area contributed by atoms with Crippen molar-refractivity contribution in [2.45, 2.75) is 13.0 Å². The van der Waals surface area contributed by atoms with Crippen molar-refractivity contribution in [2.75, 3.05) is 26.8 Å². The predicted octanol–water partition coefficient (Wildman–Crippen LogP) is 3.79. The lowest BCUT2D eigenvalue weighted by Crippen LogP contribution is -2.33. The average molecular weight is 318 g/mol. The zero-order valence-electron chi connectivity index (χ0n) is 12.7. The molecule has 0 fully saturated rings. The van der Waals surface area contributed by atoms with Crippen molar-refractivity contribution >= 4 is 11.6 Å². The standard InChI is InChI=1S/C18H20ClNO2/c1-21-18-5-2-14-8-9-20(13-15(14)12-18)10-11-22-17-6-3-16(19)4-7-17/h2-7,12H,8-11,13H2,1H3. The molecule has 1 heterocycles. The van der Waals surface area contributed by atoms with Crippen LogP contribution in [0.1, 0.15) is 11.1 Å². The number of hydrogen-bond acceptors (Lipinski definition) is 3. The molecule has 4 heteroatoms. The minimum Gasteiger partial charge on any atom is -0.497 e. The van der Waals surface area contributed by atoms with Crippen LogP contribution in [0.2, 0.25) is 5.02 Å². The molecule has 22 heavy (non-hydrogen) atoms. The van der Waals surface area contributed by atoms with Crippen LogP contribution in [-0.4, -0.2) is 31.7 Å². The van der Waals surface area contributed by atoms with Gasteiger partial charge in [-0.05, 0) is 53.9 Å². The van der Waals surface area contributed by atoms with E-state index in [-0.39, 0.29) is 0 Å². The van der Waals surface area contributed by atoms with Gasteiger partial charge >= 0.3 is 0 Å². The largest absolute Gasteiger partial charge is 0.497 e. The van der Waals surface area contributed by atoms with Crippen molar-refractivity contribution in [2.24, 2.45) is 0 Å². The van der Waals surface area contributed by atoms with Crippen LogP contribution < -0.4 is 9.47 Å². The zero-order chi connectivity index (χ0) is 15.4. The fourth-order valence-electron chi connectivity index (χ4n) is 2.73. The summed E-state index contributed by atoms with van der Waals surface area (Å²) in [7, 11) is 1.71. The molecule has 3 nitrogen and oxygen atoms in total. The molecule has 0 spiro atoms. The second-order valence-electron chi connectivity index (χ2n) is 5.46. The first-order valence-corrected chi connectivity index (χ1v) is 7.89. The van der Waals surface area contributed by atoms with Crippen LogP contribution in [0.4, 0.5) is 0 Å². The van der Waals surface area contributed by atoms with Gasteiger partial charge in [0, 0.05) is 24.7 Å². The van der Waals surface area contributed by atoms with E-state index < -0.39 is 0 Å². The number of benzene rings is 2. The molecule has 0 aliphatic carbocycles. The van der Waals surface area contributed by atoms with Crippen LogP contribution in [0.5, 0.6) is 11.5 Å². The Morgan fingerprint density at radius 2 is 1.82 bits per heavy atom. The lowest BCUT2D eigenvalue weighted by molar-refractivity contribution is 0.196. The minimum atomic E-state index is 0.681. The van der Waals surface area contributed by atoms with Gasteiger partial charge in [-0.3, -0.25) is 4.90 Å². The molecular formula is C18H20ClNO2. The summed E-state index contributed by atoms with van der Waals surface area (Å²) in [5.74, 6) is 1.79. The quantitative estimate of drug-likeness (QED) is 0.837. The highest BCUT2D eigenvalue weighted by Crippen LogP contribution is 2.23. The Hall–Kier alpha value is -1.71. The average Bonchev–Trinajstić information content (AvgIpc) is 2.56. The number of fused-ring (bicyclic) bond motifs is 1. The Kier molecular flexibility index (Phi) is 4.86. The molecule has 116 valence electrons. The summed E-state index contributed by atoms with van der Waals surface area (Å²) < 4.78 is 11.1. The molecule has 3 rings (SSSR count). The molecular weight excluding hydrogens is 298 g/mol. The summed E-state index contributed by atoms with van der Waals surface area (Å²) in [6.07, 6.45) is 1.08. The molecule has 1 aliphatic rings. The van der Waals surface area contributed by atoms with E-state index in [1.54, 1.807) is 7.11 Å². The molecule has 0 bridgehead atoms. The van der Waals surface area contributed by atoms with E-state index in [9.17, 15) is 0 Å². The van der Waals surface area contributed by atoms with Crippen LogP contribution in [0.3, 0.4) is 0 Å². The lowest BCUT2D eigenvalue weighted by Gasteiger charge is -2.28. The molecule has 0 radical (unpaired) electrons. The monoisotopic (exact) mass is 317 g/mol. The van der Waals surface area contributed by atoms with Crippen LogP contribution in [-0.2, 0) is 13.0 Å². The molecule has 1 aliphatic heterocycles. The Labute approximate surface area is 136 Å². The van der Waals surface area contributed by atoms with Crippen molar-refractivity contribution < 1.29 is 9.47 Å². The second kappa shape index (κ2) is 7.03. The highest BCUT2D eigenvalue weighted by atomic mass is 35.5. The smallest absolute Gasteiger partial charge is 0.119 e. The Bertz CT molecular complexity index is 627. The number of hydrogen-bond donors (Lipinski definition) is 0. The van der Waals surface area contributed by atoms with E-state index in [0.717, 1.165) is 42.6 Å². The summed E-state index contributed by atoms with van der Waals surface area (Å²) >= 11 is 5.87. The number of halogens is 1. The van der Waals surface area contributed by atoms with E-state index in [2.05, 4.69) is 17.0 Å². The fraction of sp³-hybridized carbons (Fsp3) is 0.333. The molecule has 0 saturated heterocycles. The first kappa shape index (κ1) is 15.2. The maximum atomic E-state index is 5.87. The van der Waals surface area contributed by atoms with Crippen molar-refractivity contribution in [1.29, 1.82) is 0 Å². The maximum absolute atomic E-state index is 5.87. The summed E-state index contributed by atoms with van der Waals surface area (Å²) in [5, 5.41) is 0.730. The summed E-state index contributed by atoms with van der Waals surface area (Å²) in [5.41, 5.74) is 2.78. The normalized spacial score (nSPS) is 14.5. The SMILES string of the molecule is COc1ccc2c(c1)CN(CCOc1ccc(Cl)cc1)CC2. The van der Waals surface area contributed by atoms with Gasteiger partial charge in [0.25, 0.3) is 0 Å². The summed E-state index contributed by atoms with van der Waals surface area (Å²) in [6, 6.07) is 13.9. The number of ether oxygens (including phenoxy) is 2. The van der Waals surface area contributed by atoms with Crippen LogP contribution >= 0.6 is 11.6 Å². The van der Waals surface area contributed by atoms with E-state index >= 15 is 0 Å². The van der Waals surface area contributed by atoms with Gasteiger partial charge in [0.2, 0.25) is 0 Å². The highest BCUT2D eigenvalue weighted by Gasteiger charge is 2.16. The van der Waals surface area contributed by atoms with Gasteiger partial charge in [0.05, 0.1) is 7.11 Å². The number of methoxy groups -OCH3 is 1. The topological polar surface area (TPSA) is 21.7 Å². The van der Waals surface area contributed by atoms with Gasteiger partial charge in [-0.25, -0.2) is 0 Å². The first-order valence-electron chi connectivity index (χ1n) is 7.51. The van der Waals surface area contributed by atoms with Gasteiger partial charge in [0.1, 0.15) is 18.1 Å². The predicted molar refractivity (Wildman–Crippen MR) is 88.9 cm³/mol. The summed E-state index contributed by atoms with van der Waals surface area (Å²) in [4.78, 5) is 2.41. The van der Waals surface area contributed by atoms with Crippen molar-refractivity contribution in [3.8, 4) is 11.5 Å². The molecule has 2 aromatic carbocycles. The highest BCUT2D eigenvalue weighted by molar-refractivity contribution is 6.30. The van der Waals surface area contributed by atoms with Crippen molar-refractivity contribution in [3.05, 3.63) is 58.6 Å². The molecule has 0 amide bonds. The molecule has 0 N–H and O–H groups in total. The third-order valence-corrected chi connectivity index (χ3v) is 4.25. The van der Waals surface area contributed by atoms with Gasteiger partial charge in [0.15, 0.2) is 0 Å². The van der Waals surface area contributed by atoms with Gasteiger partial charge in [-0.1, -0.05) is 17.7 Å². The van der Waals surface area contributed by atoms with E-state index in [1.165, 1.54) is 11.1 Å². The second-order valence-corrected chi connectivity index (χ2v) is 5.90. The minimum absolute atomic E-state index is 0.681.